The van der Waals surface area contributed by atoms with Gasteiger partial charge < -0.3 is 14.2 Å². The lowest BCUT2D eigenvalue weighted by Crippen LogP contribution is -2.33. The fourth-order valence-electron chi connectivity index (χ4n) is 5.22. The summed E-state index contributed by atoms with van der Waals surface area (Å²) in [7, 11) is 1.41. The number of ketones is 1. The molecule has 0 bridgehead atoms. The SMILES string of the molecule is CCCCC(F)(F)C(=O)CC[C@@H]1[C@@H](CCCCCCC(=O)OC)CC[C@H]1OC1CCCCO1. The number of hydrogen-bond donors (Lipinski definition) is 0. The predicted octanol–water partition coefficient (Wildman–Crippen LogP) is 6.61. The highest BCUT2D eigenvalue weighted by molar-refractivity contribution is 5.85. The van der Waals surface area contributed by atoms with E-state index in [4.69, 9.17) is 9.47 Å². The van der Waals surface area contributed by atoms with Crippen molar-refractivity contribution in [1.29, 1.82) is 0 Å². The monoisotopic (exact) mass is 474 g/mol. The van der Waals surface area contributed by atoms with Gasteiger partial charge in [0, 0.05) is 25.9 Å². The van der Waals surface area contributed by atoms with Gasteiger partial charge in [-0.25, -0.2) is 0 Å². The van der Waals surface area contributed by atoms with Crippen LogP contribution in [0.4, 0.5) is 8.78 Å². The Hall–Kier alpha value is -1.08. The molecule has 2 fully saturated rings. The Morgan fingerprint density at radius 1 is 0.970 bits per heavy atom. The summed E-state index contributed by atoms with van der Waals surface area (Å²) in [6.45, 7) is 2.56. The van der Waals surface area contributed by atoms with Crippen LogP contribution in [0, 0.1) is 11.8 Å². The van der Waals surface area contributed by atoms with Gasteiger partial charge in [-0.05, 0) is 63.2 Å². The number of Topliss-reactive ketones (excluding diaryl/α,β-unsaturated/α-hetero) is 1. The van der Waals surface area contributed by atoms with E-state index in [2.05, 4.69) is 4.74 Å². The van der Waals surface area contributed by atoms with E-state index < -0.39 is 11.7 Å². The second kappa shape index (κ2) is 15.0. The Kier molecular flexibility index (Phi) is 12.8. The van der Waals surface area contributed by atoms with Crippen LogP contribution in [0.15, 0.2) is 0 Å². The third kappa shape index (κ3) is 9.97. The molecule has 1 heterocycles. The van der Waals surface area contributed by atoms with E-state index in [1.54, 1.807) is 0 Å². The molecular weight excluding hydrogens is 430 g/mol. The van der Waals surface area contributed by atoms with Crippen LogP contribution >= 0.6 is 0 Å². The summed E-state index contributed by atoms with van der Waals surface area (Å²) < 4.78 is 45.1. The predicted molar refractivity (Wildman–Crippen MR) is 123 cm³/mol. The number of esters is 1. The van der Waals surface area contributed by atoms with Crippen molar-refractivity contribution in [3.05, 3.63) is 0 Å². The van der Waals surface area contributed by atoms with E-state index in [-0.39, 0.29) is 37.1 Å². The maximum atomic E-state index is 14.2. The fourth-order valence-corrected chi connectivity index (χ4v) is 5.22. The van der Waals surface area contributed by atoms with Crippen LogP contribution in [0.1, 0.15) is 110 Å². The Balaban J connectivity index is 1.86. The molecule has 192 valence electrons. The normalized spacial score (nSPS) is 25.8. The van der Waals surface area contributed by atoms with E-state index in [0.717, 1.165) is 64.2 Å². The summed E-state index contributed by atoms with van der Waals surface area (Å²) in [5.41, 5.74) is 0. The average molecular weight is 475 g/mol. The first-order valence-corrected chi connectivity index (χ1v) is 13.1. The molecule has 1 saturated heterocycles. The number of carbonyl (C=O) groups is 2. The zero-order valence-electron chi connectivity index (χ0n) is 20.6. The van der Waals surface area contributed by atoms with Crippen molar-refractivity contribution in [3.8, 4) is 0 Å². The lowest BCUT2D eigenvalue weighted by atomic mass is 9.85. The van der Waals surface area contributed by atoms with Gasteiger partial charge >= 0.3 is 11.9 Å². The minimum atomic E-state index is -3.22. The second-order valence-corrected chi connectivity index (χ2v) is 9.77. The fraction of sp³-hybridized carbons (Fsp3) is 0.923. The summed E-state index contributed by atoms with van der Waals surface area (Å²) in [4.78, 5) is 23.5. The third-order valence-electron chi connectivity index (χ3n) is 7.26. The van der Waals surface area contributed by atoms with E-state index in [1.807, 2.05) is 6.92 Å². The Bertz CT molecular complexity index is 577. The highest BCUT2D eigenvalue weighted by Crippen LogP contribution is 2.42. The van der Waals surface area contributed by atoms with Gasteiger partial charge in [-0.15, -0.1) is 0 Å². The van der Waals surface area contributed by atoms with Gasteiger partial charge in [0.05, 0.1) is 13.2 Å². The first-order chi connectivity index (χ1) is 15.9. The van der Waals surface area contributed by atoms with Gasteiger partial charge in [0.25, 0.3) is 0 Å². The van der Waals surface area contributed by atoms with Crippen molar-refractivity contribution in [2.75, 3.05) is 13.7 Å². The molecule has 1 aliphatic carbocycles. The minimum absolute atomic E-state index is 0.0190. The number of halogens is 2. The molecule has 0 aromatic carbocycles. The maximum Gasteiger partial charge on any atom is 0.305 e. The second-order valence-electron chi connectivity index (χ2n) is 9.77. The van der Waals surface area contributed by atoms with Gasteiger partial charge in [0.1, 0.15) is 0 Å². The molecule has 33 heavy (non-hydrogen) atoms. The van der Waals surface area contributed by atoms with Gasteiger partial charge in [0.2, 0.25) is 5.78 Å². The molecule has 0 radical (unpaired) electrons. The molecule has 4 atom stereocenters. The summed E-state index contributed by atoms with van der Waals surface area (Å²) in [6.07, 6.45) is 11.1. The molecule has 2 aliphatic rings. The molecule has 0 amide bonds. The van der Waals surface area contributed by atoms with Crippen molar-refractivity contribution in [1.82, 2.24) is 0 Å². The van der Waals surface area contributed by atoms with Crippen LogP contribution in [0.25, 0.3) is 0 Å². The van der Waals surface area contributed by atoms with Gasteiger partial charge in [-0.2, -0.15) is 8.78 Å². The number of ether oxygens (including phenoxy) is 3. The molecule has 0 aromatic heterocycles. The van der Waals surface area contributed by atoms with Crippen molar-refractivity contribution >= 4 is 11.8 Å². The van der Waals surface area contributed by atoms with Crippen LogP contribution in [0.2, 0.25) is 0 Å². The van der Waals surface area contributed by atoms with Crippen LogP contribution in [-0.2, 0) is 23.8 Å². The van der Waals surface area contributed by atoms with Crippen LogP contribution in [0.3, 0.4) is 0 Å². The zero-order valence-corrected chi connectivity index (χ0v) is 20.6. The van der Waals surface area contributed by atoms with Crippen molar-refractivity contribution in [3.63, 3.8) is 0 Å². The summed E-state index contributed by atoms with van der Waals surface area (Å²) in [6, 6.07) is 0. The maximum absolute atomic E-state index is 14.2. The lowest BCUT2D eigenvalue weighted by Gasteiger charge is -2.31. The summed E-state index contributed by atoms with van der Waals surface area (Å²) in [5.74, 6) is -3.80. The van der Waals surface area contributed by atoms with Gasteiger partial charge in [-0.3, -0.25) is 9.59 Å². The number of rotatable bonds is 16. The Labute approximate surface area is 198 Å². The van der Waals surface area contributed by atoms with Gasteiger partial charge in [-0.1, -0.05) is 39.0 Å². The lowest BCUT2D eigenvalue weighted by molar-refractivity contribution is -0.196. The molecule has 0 spiro atoms. The number of methoxy groups -OCH3 is 1. The standard InChI is InChI=1S/C26H44F2O5/c1-3-4-18-26(27,28)23(29)17-15-21-20(11-7-5-6-8-12-24(30)31-2)14-16-22(21)33-25-13-9-10-19-32-25/h20-22,25H,3-19H2,1-2H3/t20-,21+,22+,25?/m0/s1. The molecule has 1 saturated carbocycles. The van der Waals surface area contributed by atoms with Crippen LogP contribution < -0.4 is 0 Å². The van der Waals surface area contributed by atoms with E-state index in [1.165, 1.54) is 7.11 Å². The number of carbonyl (C=O) groups excluding carboxylic acids is 2. The van der Waals surface area contributed by atoms with Crippen LogP contribution in [0.5, 0.6) is 0 Å². The zero-order chi connectivity index (χ0) is 24.1. The van der Waals surface area contributed by atoms with E-state index in [9.17, 15) is 18.4 Å². The quantitative estimate of drug-likeness (QED) is 0.186. The van der Waals surface area contributed by atoms with E-state index in [0.29, 0.717) is 38.2 Å². The molecule has 7 heteroatoms. The molecule has 0 aromatic rings. The first-order valence-electron chi connectivity index (χ1n) is 13.1. The largest absolute Gasteiger partial charge is 0.469 e. The summed E-state index contributed by atoms with van der Waals surface area (Å²) in [5, 5.41) is 0. The van der Waals surface area contributed by atoms with Crippen LogP contribution in [-0.4, -0.2) is 43.8 Å². The minimum Gasteiger partial charge on any atom is -0.469 e. The molecule has 2 rings (SSSR count). The number of alkyl halides is 2. The van der Waals surface area contributed by atoms with Crippen molar-refractivity contribution < 1.29 is 32.6 Å². The molecular formula is C26H44F2O5. The van der Waals surface area contributed by atoms with Gasteiger partial charge in [0.15, 0.2) is 6.29 Å². The molecule has 1 unspecified atom stereocenters. The average Bonchev–Trinajstić information content (AvgIpc) is 3.19. The Morgan fingerprint density at radius 2 is 1.76 bits per heavy atom. The molecule has 5 nitrogen and oxygen atoms in total. The topological polar surface area (TPSA) is 61.8 Å². The highest BCUT2D eigenvalue weighted by Gasteiger charge is 2.41. The number of hydrogen-bond acceptors (Lipinski definition) is 5. The molecule has 1 aliphatic heterocycles. The molecule has 0 N–H and O–H groups in total. The Morgan fingerprint density at radius 3 is 2.45 bits per heavy atom. The van der Waals surface area contributed by atoms with Crippen molar-refractivity contribution in [2.24, 2.45) is 11.8 Å². The van der Waals surface area contributed by atoms with Crippen molar-refractivity contribution in [2.45, 2.75) is 128 Å². The summed E-state index contributed by atoms with van der Waals surface area (Å²) >= 11 is 0. The highest BCUT2D eigenvalue weighted by atomic mass is 19.3. The smallest absolute Gasteiger partial charge is 0.305 e. The van der Waals surface area contributed by atoms with E-state index >= 15 is 0 Å². The first kappa shape index (κ1) is 28.2. The number of unbranched alkanes of at least 4 members (excludes halogenated alkanes) is 4. The third-order valence-corrected chi connectivity index (χ3v) is 7.26.